The molecule has 1 aromatic carbocycles. The molecule has 0 saturated carbocycles. The minimum Gasteiger partial charge on any atom is -0.490 e. The number of hydrogen-bond acceptors (Lipinski definition) is 3. The SMILES string of the molecule is CC(C)C(COc1cc(Br)ccc1F)CS(=O)(=O)Cl. The molecule has 0 amide bonds. The zero-order valence-electron chi connectivity index (χ0n) is 10.6. The van der Waals surface area contributed by atoms with Crippen LogP contribution in [0.4, 0.5) is 4.39 Å². The normalized spacial score (nSPS) is 13.6. The molecule has 3 nitrogen and oxygen atoms in total. The number of benzene rings is 1. The molecule has 0 heterocycles. The van der Waals surface area contributed by atoms with Crippen molar-refractivity contribution in [3.05, 3.63) is 28.5 Å². The number of hydrogen-bond donors (Lipinski definition) is 0. The summed E-state index contributed by atoms with van der Waals surface area (Å²) in [5, 5.41) is 0. The molecular formula is C12H15BrClFO3S. The standard InChI is InChI=1S/C12H15BrClFO3S/c1-8(2)9(7-19(14,16)17)6-18-12-5-10(13)3-4-11(12)15/h3-5,8-9H,6-7H2,1-2H3. The van der Waals surface area contributed by atoms with Crippen molar-refractivity contribution < 1.29 is 17.5 Å². The van der Waals surface area contributed by atoms with E-state index in [1.807, 2.05) is 13.8 Å². The van der Waals surface area contributed by atoms with Crippen LogP contribution in [0.5, 0.6) is 5.75 Å². The summed E-state index contributed by atoms with van der Waals surface area (Å²) < 4.78 is 41.7. The van der Waals surface area contributed by atoms with E-state index < -0.39 is 14.9 Å². The van der Waals surface area contributed by atoms with E-state index in [0.29, 0.717) is 4.47 Å². The second-order valence-corrected chi connectivity index (χ2v) is 8.33. The van der Waals surface area contributed by atoms with Crippen molar-refractivity contribution in [2.45, 2.75) is 13.8 Å². The van der Waals surface area contributed by atoms with Gasteiger partial charge in [-0.2, -0.15) is 0 Å². The van der Waals surface area contributed by atoms with E-state index >= 15 is 0 Å². The third-order valence-corrected chi connectivity index (χ3v) is 4.40. The smallest absolute Gasteiger partial charge is 0.233 e. The predicted molar refractivity (Wildman–Crippen MR) is 77.6 cm³/mol. The van der Waals surface area contributed by atoms with Gasteiger partial charge in [0.25, 0.3) is 0 Å². The topological polar surface area (TPSA) is 43.4 Å². The second-order valence-electron chi connectivity index (χ2n) is 4.60. The summed E-state index contributed by atoms with van der Waals surface area (Å²) in [5.41, 5.74) is 0. The maximum atomic E-state index is 13.5. The van der Waals surface area contributed by atoms with E-state index in [9.17, 15) is 12.8 Å². The molecule has 1 atom stereocenters. The molecule has 0 aromatic heterocycles. The molecule has 0 N–H and O–H groups in total. The van der Waals surface area contributed by atoms with Crippen LogP contribution >= 0.6 is 26.6 Å². The molecule has 0 radical (unpaired) electrons. The summed E-state index contributed by atoms with van der Waals surface area (Å²) in [5.74, 6) is -0.821. The van der Waals surface area contributed by atoms with Crippen LogP contribution in [0.1, 0.15) is 13.8 Å². The fourth-order valence-corrected chi connectivity index (χ4v) is 3.29. The first-order valence-electron chi connectivity index (χ1n) is 5.69. The van der Waals surface area contributed by atoms with E-state index in [0.717, 1.165) is 0 Å². The van der Waals surface area contributed by atoms with Crippen LogP contribution in [0.2, 0.25) is 0 Å². The highest BCUT2D eigenvalue weighted by Gasteiger charge is 2.21. The van der Waals surface area contributed by atoms with Crippen molar-refractivity contribution >= 4 is 35.7 Å². The third-order valence-electron chi connectivity index (χ3n) is 2.70. The lowest BCUT2D eigenvalue weighted by atomic mass is 9.99. The molecule has 0 aliphatic carbocycles. The zero-order valence-corrected chi connectivity index (χ0v) is 13.7. The lowest BCUT2D eigenvalue weighted by Crippen LogP contribution is -2.24. The molecule has 1 unspecified atom stereocenters. The summed E-state index contributed by atoms with van der Waals surface area (Å²) in [6.45, 7) is 3.83. The van der Waals surface area contributed by atoms with E-state index in [-0.39, 0.29) is 29.9 Å². The Morgan fingerprint density at radius 1 is 1.42 bits per heavy atom. The van der Waals surface area contributed by atoms with Crippen molar-refractivity contribution in [3.8, 4) is 5.75 Å². The van der Waals surface area contributed by atoms with Crippen molar-refractivity contribution in [2.24, 2.45) is 11.8 Å². The Bertz CT molecular complexity index is 534. The summed E-state index contributed by atoms with van der Waals surface area (Å²) in [7, 11) is 1.64. The highest BCUT2D eigenvalue weighted by atomic mass is 79.9. The molecular weight excluding hydrogens is 359 g/mol. The monoisotopic (exact) mass is 372 g/mol. The van der Waals surface area contributed by atoms with Gasteiger partial charge in [-0.05, 0) is 24.1 Å². The summed E-state index contributed by atoms with van der Waals surface area (Å²) >= 11 is 3.22. The van der Waals surface area contributed by atoms with Gasteiger partial charge in [-0.15, -0.1) is 0 Å². The Kier molecular flexibility index (Phi) is 6.08. The van der Waals surface area contributed by atoms with Crippen molar-refractivity contribution in [1.29, 1.82) is 0 Å². The zero-order chi connectivity index (χ0) is 14.6. The van der Waals surface area contributed by atoms with Crippen LogP contribution in [0.15, 0.2) is 22.7 Å². The molecule has 0 saturated heterocycles. The van der Waals surface area contributed by atoms with Gasteiger partial charge in [0.2, 0.25) is 9.05 Å². The minimum absolute atomic E-state index is 0.0590. The first-order valence-corrected chi connectivity index (χ1v) is 8.96. The van der Waals surface area contributed by atoms with Gasteiger partial charge in [0, 0.05) is 21.1 Å². The van der Waals surface area contributed by atoms with Crippen molar-refractivity contribution in [2.75, 3.05) is 12.4 Å². The molecule has 1 aromatic rings. The van der Waals surface area contributed by atoms with Gasteiger partial charge in [-0.3, -0.25) is 0 Å². The molecule has 0 fully saturated rings. The largest absolute Gasteiger partial charge is 0.490 e. The second kappa shape index (κ2) is 6.90. The van der Waals surface area contributed by atoms with Gasteiger partial charge in [0.05, 0.1) is 12.4 Å². The van der Waals surface area contributed by atoms with Crippen LogP contribution in [0.3, 0.4) is 0 Å². The number of halogens is 3. The Balaban J connectivity index is 2.74. The highest BCUT2D eigenvalue weighted by Crippen LogP contribution is 2.24. The van der Waals surface area contributed by atoms with Gasteiger partial charge in [-0.1, -0.05) is 29.8 Å². The number of ether oxygens (including phenoxy) is 1. The van der Waals surface area contributed by atoms with Crippen LogP contribution in [0, 0.1) is 17.7 Å². The van der Waals surface area contributed by atoms with Crippen molar-refractivity contribution in [1.82, 2.24) is 0 Å². The Hall–Kier alpha value is -0.330. The lowest BCUT2D eigenvalue weighted by molar-refractivity contribution is 0.217. The van der Waals surface area contributed by atoms with Gasteiger partial charge < -0.3 is 4.74 Å². The maximum absolute atomic E-state index is 13.5. The lowest BCUT2D eigenvalue weighted by Gasteiger charge is -2.20. The first kappa shape index (κ1) is 16.7. The van der Waals surface area contributed by atoms with E-state index in [2.05, 4.69) is 15.9 Å². The van der Waals surface area contributed by atoms with E-state index in [4.69, 9.17) is 15.4 Å². The molecule has 0 aliphatic rings. The Labute approximate surface area is 125 Å². The summed E-state index contributed by atoms with van der Waals surface area (Å²) in [6, 6.07) is 4.34. The Morgan fingerprint density at radius 2 is 2.05 bits per heavy atom. The van der Waals surface area contributed by atoms with E-state index in [1.54, 1.807) is 6.07 Å². The van der Waals surface area contributed by atoms with E-state index in [1.165, 1.54) is 12.1 Å². The van der Waals surface area contributed by atoms with Gasteiger partial charge in [0.15, 0.2) is 11.6 Å². The van der Waals surface area contributed by atoms with Crippen LogP contribution in [-0.4, -0.2) is 20.8 Å². The average Bonchev–Trinajstić information content (AvgIpc) is 2.26. The number of rotatable bonds is 6. The molecule has 0 aliphatic heterocycles. The summed E-state index contributed by atoms with van der Waals surface area (Å²) in [6.07, 6.45) is 0. The molecule has 108 valence electrons. The predicted octanol–water partition coefficient (Wildman–Crippen LogP) is 3.81. The van der Waals surface area contributed by atoms with Crippen LogP contribution in [-0.2, 0) is 9.05 Å². The first-order chi connectivity index (χ1) is 8.69. The fraction of sp³-hybridized carbons (Fsp3) is 0.500. The quantitative estimate of drug-likeness (QED) is 0.712. The average molecular weight is 374 g/mol. The third kappa shape index (κ3) is 6.10. The molecule has 0 bridgehead atoms. The maximum Gasteiger partial charge on any atom is 0.233 e. The fourth-order valence-electron chi connectivity index (χ4n) is 1.47. The highest BCUT2D eigenvalue weighted by molar-refractivity contribution is 9.10. The molecule has 0 spiro atoms. The molecule has 1 rings (SSSR count). The summed E-state index contributed by atoms with van der Waals surface area (Å²) in [4.78, 5) is 0. The van der Waals surface area contributed by atoms with Gasteiger partial charge in [-0.25, -0.2) is 12.8 Å². The molecule has 7 heteroatoms. The van der Waals surface area contributed by atoms with Crippen LogP contribution < -0.4 is 4.74 Å². The van der Waals surface area contributed by atoms with Crippen LogP contribution in [0.25, 0.3) is 0 Å². The van der Waals surface area contributed by atoms with Crippen molar-refractivity contribution in [3.63, 3.8) is 0 Å². The molecule has 19 heavy (non-hydrogen) atoms. The van der Waals surface area contributed by atoms with Gasteiger partial charge in [0.1, 0.15) is 0 Å². The van der Waals surface area contributed by atoms with Gasteiger partial charge >= 0.3 is 0 Å². The Morgan fingerprint density at radius 3 is 2.58 bits per heavy atom. The minimum atomic E-state index is -3.60.